The quantitative estimate of drug-likeness (QED) is 0.531. The Kier molecular flexibility index (Phi) is 2.68. The molecule has 0 amide bonds. The first kappa shape index (κ1) is 9.74. The van der Waals surface area contributed by atoms with Gasteiger partial charge < -0.3 is 10.8 Å². The van der Waals surface area contributed by atoms with Crippen LogP contribution in [0.4, 0.5) is 5.69 Å². The molecule has 1 rings (SSSR count). The summed E-state index contributed by atoms with van der Waals surface area (Å²) >= 11 is 0. The van der Waals surface area contributed by atoms with Crippen molar-refractivity contribution >= 4 is 11.5 Å². The van der Waals surface area contributed by atoms with Gasteiger partial charge in [-0.05, 0) is 31.0 Å². The van der Waals surface area contributed by atoms with Crippen molar-refractivity contribution in [2.24, 2.45) is 0 Å². The van der Waals surface area contributed by atoms with Gasteiger partial charge in [0.1, 0.15) is 0 Å². The normalized spacial score (nSPS) is 10.1. The molecule has 1 aromatic carbocycles. The lowest BCUT2D eigenvalue weighted by Gasteiger charge is -2.09. The molecule has 3 N–H and O–H groups in total. The molecule has 3 heteroatoms. The van der Waals surface area contributed by atoms with Crippen molar-refractivity contribution in [3.8, 4) is 0 Å². The van der Waals surface area contributed by atoms with E-state index < -0.39 is 0 Å². The number of nitrogens with two attached hydrogens (primary N) is 1. The number of anilines is 1. The van der Waals surface area contributed by atoms with Gasteiger partial charge in [0.05, 0.1) is 6.61 Å². The van der Waals surface area contributed by atoms with Crippen LogP contribution < -0.4 is 5.73 Å². The highest BCUT2D eigenvalue weighted by Crippen LogP contribution is 2.21. The summed E-state index contributed by atoms with van der Waals surface area (Å²) in [7, 11) is 0. The van der Waals surface area contributed by atoms with Crippen molar-refractivity contribution in [2.45, 2.75) is 20.5 Å². The van der Waals surface area contributed by atoms with Gasteiger partial charge in [0.2, 0.25) is 0 Å². The lowest BCUT2D eigenvalue weighted by Crippen LogP contribution is -2.04. The van der Waals surface area contributed by atoms with Crippen molar-refractivity contribution in [3.05, 3.63) is 28.8 Å². The number of aliphatic hydroxyl groups is 1. The molecule has 0 heterocycles. The lowest BCUT2D eigenvalue weighted by atomic mass is 10.0. The minimum absolute atomic E-state index is 0.0474. The average Bonchev–Trinajstić information content (AvgIpc) is 2.09. The van der Waals surface area contributed by atoms with Crippen molar-refractivity contribution in [1.82, 2.24) is 0 Å². The van der Waals surface area contributed by atoms with E-state index in [-0.39, 0.29) is 12.4 Å². The molecular weight excluding hydrogens is 166 g/mol. The van der Waals surface area contributed by atoms with Crippen LogP contribution in [0.15, 0.2) is 12.1 Å². The maximum Gasteiger partial charge on any atom is 0.161 e. The molecule has 0 aromatic heterocycles. The fourth-order valence-corrected chi connectivity index (χ4v) is 1.25. The number of Topliss-reactive ketones (excluding diaryl/α,β-unsaturated/α-hetero) is 1. The summed E-state index contributed by atoms with van der Waals surface area (Å²) in [6.07, 6.45) is 0. The fraction of sp³-hybridized carbons (Fsp3) is 0.300. The molecule has 0 aliphatic carbocycles. The third-order valence-corrected chi connectivity index (χ3v) is 2.18. The molecule has 0 fully saturated rings. The number of rotatable bonds is 2. The number of carbonyl (C=O) groups is 1. The molecule has 0 atom stereocenters. The molecule has 1 aromatic rings. The Morgan fingerprint density at radius 2 is 2.15 bits per heavy atom. The van der Waals surface area contributed by atoms with Crippen molar-refractivity contribution in [2.75, 3.05) is 5.73 Å². The third kappa shape index (κ3) is 1.70. The molecule has 0 bridgehead atoms. The van der Waals surface area contributed by atoms with Gasteiger partial charge >= 0.3 is 0 Å². The Morgan fingerprint density at radius 3 is 2.62 bits per heavy atom. The monoisotopic (exact) mass is 179 g/mol. The van der Waals surface area contributed by atoms with Crippen LogP contribution in [0.25, 0.3) is 0 Å². The minimum atomic E-state index is -0.0508. The Balaban J connectivity index is 3.31. The Labute approximate surface area is 77.2 Å². The van der Waals surface area contributed by atoms with Crippen molar-refractivity contribution < 1.29 is 9.90 Å². The van der Waals surface area contributed by atoms with Crippen LogP contribution in [0.2, 0.25) is 0 Å². The average molecular weight is 179 g/mol. The lowest BCUT2D eigenvalue weighted by molar-refractivity contribution is 0.101. The van der Waals surface area contributed by atoms with Crippen LogP contribution in [0.5, 0.6) is 0 Å². The van der Waals surface area contributed by atoms with E-state index in [2.05, 4.69) is 0 Å². The summed E-state index contributed by atoms with van der Waals surface area (Å²) in [5.41, 5.74) is 8.28. The Morgan fingerprint density at radius 1 is 1.54 bits per heavy atom. The number of hydrogen-bond acceptors (Lipinski definition) is 3. The molecule has 0 spiro atoms. The van der Waals surface area contributed by atoms with Gasteiger partial charge in [0, 0.05) is 11.3 Å². The van der Waals surface area contributed by atoms with Crippen LogP contribution in [-0.4, -0.2) is 10.9 Å². The van der Waals surface area contributed by atoms with E-state index in [1.165, 1.54) is 6.92 Å². The van der Waals surface area contributed by atoms with Gasteiger partial charge in [0.15, 0.2) is 5.78 Å². The maximum atomic E-state index is 11.1. The number of ketones is 1. The first-order chi connectivity index (χ1) is 6.07. The molecule has 0 saturated carbocycles. The summed E-state index contributed by atoms with van der Waals surface area (Å²) in [5, 5.41) is 8.93. The number of hydrogen-bond donors (Lipinski definition) is 2. The molecular formula is C10H13NO2. The SMILES string of the molecule is CC(=O)c1ccc(CO)c(C)c1N. The van der Waals surface area contributed by atoms with Crippen LogP contribution in [0.3, 0.4) is 0 Å². The zero-order valence-corrected chi connectivity index (χ0v) is 7.79. The Hall–Kier alpha value is -1.35. The smallest absolute Gasteiger partial charge is 0.161 e. The predicted octanol–water partition coefficient (Wildman–Crippen LogP) is 1.27. The third-order valence-electron chi connectivity index (χ3n) is 2.18. The van der Waals surface area contributed by atoms with E-state index in [1.54, 1.807) is 19.1 Å². The summed E-state index contributed by atoms with van der Waals surface area (Å²) in [6.45, 7) is 3.23. The second kappa shape index (κ2) is 3.58. The second-order valence-electron chi connectivity index (χ2n) is 3.03. The summed E-state index contributed by atoms with van der Waals surface area (Å²) in [4.78, 5) is 11.1. The highest BCUT2D eigenvalue weighted by Gasteiger charge is 2.09. The van der Waals surface area contributed by atoms with E-state index in [1.807, 2.05) is 0 Å². The zero-order valence-electron chi connectivity index (χ0n) is 7.79. The number of carbonyl (C=O) groups excluding carboxylic acids is 1. The predicted molar refractivity (Wildman–Crippen MR) is 51.5 cm³/mol. The van der Waals surface area contributed by atoms with Crippen LogP contribution in [0, 0.1) is 6.92 Å². The highest BCUT2D eigenvalue weighted by atomic mass is 16.3. The largest absolute Gasteiger partial charge is 0.398 e. The van der Waals surface area contributed by atoms with E-state index in [0.29, 0.717) is 11.3 Å². The van der Waals surface area contributed by atoms with Gasteiger partial charge in [0.25, 0.3) is 0 Å². The van der Waals surface area contributed by atoms with Crippen molar-refractivity contribution in [3.63, 3.8) is 0 Å². The zero-order chi connectivity index (χ0) is 10.0. The summed E-state index contributed by atoms with van der Waals surface area (Å²) < 4.78 is 0. The molecule has 70 valence electrons. The Bertz CT molecular complexity index is 345. The van der Waals surface area contributed by atoms with Crippen molar-refractivity contribution in [1.29, 1.82) is 0 Å². The topological polar surface area (TPSA) is 63.3 Å². The van der Waals surface area contributed by atoms with E-state index in [4.69, 9.17) is 10.8 Å². The molecule has 0 radical (unpaired) electrons. The minimum Gasteiger partial charge on any atom is -0.398 e. The van der Waals surface area contributed by atoms with Gasteiger partial charge in [-0.2, -0.15) is 0 Å². The van der Waals surface area contributed by atoms with Crippen LogP contribution in [-0.2, 0) is 6.61 Å². The highest BCUT2D eigenvalue weighted by molar-refractivity contribution is 5.99. The van der Waals surface area contributed by atoms with Gasteiger partial charge in [-0.3, -0.25) is 4.79 Å². The number of aliphatic hydroxyl groups excluding tert-OH is 1. The maximum absolute atomic E-state index is 11.1. The molecule has 0 aliphatic heterocycles. The molecule has 0 aliphatic rings. The van der Waals surface area contributed by atoms with Crippen LogP contribution >= 0.6 is 0 Å². The molecule has 13 heavy (non-hydrogen) atoms. The van der Waals surface area contributed by atoms with Crippen LogP contribution in [0.1, 0.15) is 28.4 Å². The van der Waals surface area contributed by atoms with Gasteiger partial charge in [-0.1, -0.05) is 6.07 Å². The molecule has 0 unspecified atom stereocenters. The second-order valence-corrected chi connectivity index (χ2v) is 3.03. The summed E-state index contributed by atoms with van der Waals surface area (Å²) in [5.74, 6) is -0.0508. The first-order valence-electron chi connectivity index (χ1n) is 4.07. The standard InChI is InChI=1S/C10H13NO2/c1-6-8(5-12)3-4-9(7(2)13)10(6)11/h3-4,12H,5,11H2,1-2H3. The van der Waals surface area contributed by atoms with Gasteiger partial charge in [-0.15, -0.1) is 0 Å². The fourth-order valence-electron chi connectivity index (χ4n) is 1.25. The number of benzene rings is 1. The van der Waals surface area contributed by atoms with Gasteiger partial charge in [-0.25, -0.2) is 0 Å². The van der Waals surface area contributed by atoms with E-state index in [9.17, 15) is 4.79 Å². The first-order valence-corrected chi connectivity index (χ1v) is 4.07. The van der Waals surface area contributed by atoms with E-state index >= 15 is 0 Å². The molecule has 3 nitrogen and oxygen atoms in total. The van der Waals surface area contributed by atoms with E-state index in [0.717, 1.165) is 11.1 Å². The number of nitrogen functional groups attached to an aromatic ring is 1. The summed E-state index contributed by atoms with van der Waals surface area (Å²) in [6, 6.07) is 3.37. The molecule has 0 saturated heterocycles.